The van der Waals surface area contributed by atoms with Crippen LogP contribution in [0.4, 0.5) is 13.2 Å². The summed E-state index contributed by atoms with van der Waals surface area (Å²) in [5.74, 6) is 0. The topological polar surface area (TPSA) is 12.9 Å². The fraction of sp³-hybridized carbons (Fsp3) is 0.154. The minimum Gasteiger partial charge on any atom is -0.243 e. The number of hydrogen-bond acceptors (Lipinski definition) is 1. The SMILES string of the molecule is FC(F)(F)c1cc(CBr)cc(-c2ccccc2)n1. The highest BCUT2D eigenvalue weighted by atomic mass is 79.9. The molecule has 0 bridgehead atoms. The van der Waals surface area contributed by atoms with Gasteiger partial charge in [-0.2, -0.15) is 13.2 Å². The third-order valence-corrected chi connectivity index (χ3v) is 3.05. The zero-order chi connectivity index (χ0) is 13.2. The molecule has 18 heavy (non-hydrogen) atoms. The first-order valence-corrected chi connectivity index (χ1v) is 6.32. The number of halogens is 4. The van der Waals surface area contributed by atoms with E-state index in [1.807, 2.05) is 6.07 Å². The fourth-order valence-electron chi connectivity index (χ4n) is 1.57. The molecular formula is C13H9BrF3N. The maximum Gasteiger partial charge on any atom is 0.433 e. The molecule has 0 aliphatic heterocycles. The summed E-state index contributed by atoms with van der Waals surface area (Å²) in [6.45, 7) is 0. The van der Waals surface area contributed by atoms with Gasteiger partial charge in [0.2, 0.25) is 0 Å². The van der Waals surface area contributed by atoms with Crippen LogP contribution >= 0.6 is 15.9 Å². The molecule has 5 heteroatoms. The first-order valence-electron chi connectivity index (χ1n) is 5.20. The number of aromatic nitrogens is 1. The third kappa shape index (κ3) is 2.90. The summed E-state index contributed by atoms with van der Waals surface area (Å²) in [6, 6.07) is 11.5. The third-order valence-electron chi connectivity index (χ3n) is 2.40. The van der Waals surface area contributed by atoms with Crippen LogP contribution in [0.25, 0.3) is 11.3 Å². The number of benzene rings is 1. The van der Waals surface area contributed by atoms with E-state index < -0.39 is 11.9 Å². The maximum atomic E-state index is 12.7. The van der Waals surface area contributed by atoms with Crippen LogP contribution in [0.5, 0.6) is 0 Å². The molecule has 1 heterocycles. The van der Waals surface area contributed by atoms with Crippen molar-refractivity contribution in [2.45, 2.75) is 11.5 Å². The molecule has 0 spiro atoms. The molecule has 0 saturated heterocycles. The second-order valence-electron chi connectivity index (χ2n) is 3.74. The van der Waals surface area contributed by atoms with E-state index in [1.165, 1.54) is 0 Å². The van der Waals surface area contributed by atoms with E-state index in [4.69, 9.17) is 0 Å². The Bertz CT molecular complexity index is 538. The van der Waals surface area contributed by atoms with E-state index in [1.54, 1.807) is 30.3 Å². The van der Waals surface area contributed by atoms with Crippen molar-refractivity contribution in [3.63, 3.8) is 0 Å². The number of nitrogens with zero attached hydrogens (tertiary/aromatic N) is 1. The number of hydrogen-bond donors (Lipinski definition) is 0. The van der Waals surface area contributed by atoms with Gasteiger partial charge in [-0.3, -0.25) is 0 Å². The highest BCUT2D eigenvalue weighted by Gasteiger charge is 2.33. The average Bonchev–Trinajstić information content (AvgIpc) is 2.38. The lowest BCUT2D eigenvalue weighted by Crippen LogP contribution is -2.09. The van der Waals surface area contributed by atoms with Gasteiger partial charge in [0, 0.05) is 10.9 Å². The minimum absolute atomic E-state index is 0.333. The van der Waals surface area contributed by atoms with E-state index in [0.29, 0.717) is 22.2 Å². The summed E-state index contributed by atoms with van der Waals surface area (Å²) in [7, 11) is 0. The summed E-state index contributed by atoms with van der Waals surface area (Å²) in [4.78, 5) is 3.68. The molecule has 1 aromatic carbocycles. The van der Waals surface area contributed by atoms with Crippen LogP contribution in [-0.4, -0.2) is 4.98 Å². The van der Waals surface area contributed by atoms with Crippen LogP contribution in [0.15, 0.2) is 42.5 Å². The molecule has 0 aliphatic rings. The van der Waals surface area contributed by atoms with Crippen LogP contribution in [0.3, 0.4) is 0 Å². The second-order valence-corrected chi connectivity index (χ2v) is 4.30. The minimum atomic E-state index is -4.43. The summed E-state index contributed by atoms with van der Waals surface area (Å²) in [5, 5.41) is 0.360. The van der Waals surface area contributed by atoms with Crippen molar-refractivity contribution in [2.24, 2.45) is 0 Å². The summed E-state index contributed by atoms with van der Waals surface area (Å²) in [5.41, 5.74) is 0.695. The van der Waals surface area contributed by atoms with Gasteiger partial charge in [0.15, 0.2) is 0 Å². The Balaban J connectivity index is 2.55. The van der Waals surface area contributed by atoms with E-state index in [2.05, 4.69) is 20.9 Å². The lowest BCUT2D eigenvalue weighted by atomic mass is 10.1. The van der Waals surface area contributed by atoms with Crippen LogP contribution < -0.4 is 0 Å². The van der Waals surface area contributed by atoms with Crippen molar-refractivity contribution in [3.05, 3.63) is 53.7 Å². The molecular weight excluding hydrogens is 307 g/mol. The quantitative estimate of drug-likeness (QED) is 0.734. The molecule has 0 radical (unpaired) electrons. The molecule has 0 atom stereocenters. The summed E-state index contributed by atoms with van der Waals surface area (Å²) >= 11 is 3.17. The van der Waals surface area contributed by atoms with E-state index in [-0.39, 0.29) is 0 Å². The first-order chi connectivity index (χ1) is 8.50. The molecule has 0 N–H and O–H groups in total. The van der Waals surface area contributed by atoms with Gasteiger partial charge in [0.1, 0.15) is 5.69 Å². The molecule has 0 amide bonds. The van der Waals surface area contributed by atoms with Crippen LogP contribution in [-0.2, 0) is 11.5 Å². The Morgan fingerprint density at radius 1 is 1.06 bits per heavy atom. The molecule has 2 aromatic rings. The average molecular weight is 316 g/mol. The molecule has 0 fully saturated rings. The monoisotopic (exact) mass is 315 g/mol. The number of alkyl halides is 4. The fourth-order valence-corrected chi connectivity index (χ4v) is 1.89. The highest BCUT2D eigenvalue weighted by molar-refractivity contribution is 9.08. The number of rotatable bonds is 2. The Labute approximate surface area is 111 Å². The largest absolute Gasteiger partial charge is 0.433 e. The lowest BCUT2D eigenvalue weighted by Gasteiger charge is -2.10. The van der Waals surface area contributed by atoms with E-state index in [0.717, 1.165) is 6.07 Å². The van der Waals surface area contributed by atoms with Crippen LogP contribution in [0.1, 0.15) is 11.3 Å². The Morgan fingerprint density at radius 2 is 1.72 bits per heavy atom. The smallest absolute Gasteiger partial charge is 0.243 e. The van der Waals surface area contributed by atoms with Gasteiger partial charge >= 0.3 is 6.18 Å². The first kappa shape index (κ1) is 13.1. The van der Waals surface area contributed by atoms with Gasteiger partial charge in [-0.05, 0) is 17.7 Å². The zero-order valence-corrected chi connectivity index (χ0v) is 10.8. The maximum absolute atomic E-state index is 12.7. The van der Waals surface area contributed by atoms with Crippen LogP contribution in [0, 0.1) is 0 Å². The molecule has 1 aromatic heterocycles. The normalized spacial score (nSPS) is 11.6. The summed E-state index contributed by atoms with van der Waals surface area (Å²) < 4.78 is 38.2. The summed E-state index contributed by atoms with van der Waals surface area (Å²) in [6.07, 6.45) is -4.43. The predicted molar refractivity (Wildman–Crippen MR) is 67.3 cm³/mol. The van der Waals surface area contributed by atoms with Crippen LogP contribution in [0.2, 0.25) is 0 Å². The van der Waals surface area contributed by atoms with Crippen molar-refractivity contribution in [1.82, 2.24) is 4.98 Å². The second kappa shape index (κ2) is 5.10. The van der Waals surface area contributed by atoms with Crippen molar-refractivity contribution in [3.8, 4) is 11.3 Å². The van der Waals surface area contributed by atoms with Gasteiger partial charge in [-0.15, -0.1) is 0 Å². The lowest BCUT2D eigenvalue weighted by molar-refractivity contribution is -0.141. The molecule has 2 rings (SSSR count). The van der Waals surface area contributed by atoms with Gasteiger partial charge in [-0.25, -0.2) is 4.98 Å². The van der Waals surface area contributed by atoms with Gasteiger partial charge in [0.25, 0.3) is 0 Å². The Hall–Kier alpha value is -1.36. The molecule has 0 aliphatic carbocycles. The Kier molecular flexibility index (Phi) is 3.71. The standard InChI is InChI=1S/C13H9BrF3N/c14-8-9-6-11(10-4-2-1-3-5-10)18-12(7-9)13(15,16)17/h1-7H,8H2. The molecule has 94 valence electrons. The van der Waals surface area contributed by atoms with Gasteiger partial charge < -0.3 is 0 Å². The van der Waals surface area contributed by atoms with Gasteiger partial charge in [0.05, 0.1) is 5.69 Å². The van der Waals surface area contributed by atoms with Crippen molar-refractivity contribution >= 4 is 15.9 Å². The van der Waals surface area contributed by atoms with E-state index in [9.17, 15) is 13.2 Å². The van der Waals surface area contributed by atoms with Crippen molar-refractivity contribution < 1.29 is 13.2 Å². The zero-order valence-electron chi connectivity index (χ0n) is 9.21. The number of pyridine rings is 1. The molecule has 1 nitrogen and oxygen atoms in total. The van der Waals surface area contributed by atoms with Crippen molar-refractivity contribution in [2.75, 3.05) is 0 Å². The highest BCUT2D eigenvalue weighted by Crippen LogP contribution is 2.31. The van der Waals surface area contributed by atoms with E-state index >= 15 is 0 Å². The predicted octanol–water partition coefficient (Wildman–Crippen LogP) is 4.66. The Morgan fingerprint density at radius 3 is 2.28 bits per heavy atom. The van der Waals surface area contributed by atoms with Crippen molar-refractivity contribution in [1.29, 1.82) is 0 Å². The van der Waals surface area contributed by atoms with Gasteiger partial charge in [-0.1, -0.05) is 46.3 Å². The molecule has 0 saturated carbocycles. The molecule has 0 unspecified atom stereocenters.